The van der Waals surface area contributed by atoms with Crippen LogP contribution < -0.4 is 21.3 Å². The maximum absolute atomic E-state index is 11.8. The number of anilines is 2. The molecule has 2 heterocycles. The number of nitrogens with two attached hydrogens (primary N) is 1. The van der Waals surface area contributed by atoms with Crippen molar-refractivity contribution in [1.82, 2.24) is 5.32 Å². The van der Waals surface area contributed by atoms with Crippen LogP contribution in [-0.2, 0) is 9.59 Å². The Labute approximate surface area is 130 Å². The lowest BCUT2D eigenvalue weighted by Crippen LogP contribution is -2.47. The fourth-order valence-corrected chi connectivity index (χ4v) is 2.98. The third kappa shape index (κ3) is 3.39. The first kappa shape index (κ1) is 14.8. The number of nitrogens with one attached hydrogen (secondary N) is 2. The summed E-state index contributed by atoms with van der Waals surface area (Å²) in [7, 11) is 0. The molecule has 22 heavy (non-hydrogen) atoms. The van der Waals surface area contributed by atoms with Crippen LogP contribution in [0, 0.1) is 0 Å². The number of rotatable bonds is 3. The van der Waals surface area contributed by atoms with Crippen LogP contribution in [0.3, 0.4) is 0 Å². The molecule has 0 spiro atoms. The van der Waals surface area contributed by atoms with Crippen molar-refractivity contribution in [2.45, 2.75) is 37.8 Å². The topological polar surface area (TPSA) is 87.5 Å². The van der Waals surface area contributed by atoms with Crippen molar-refractivity contribution in [3.05, 3.63) is 24.3 Å². The second kappa shape index (κ2) is 6.36. The SMILES string of the molecule is NC1CCN(c2cccc(NC3CCC(=O)NC3=O)c2)CC1. The zero-order valence-corrected chi connectivity index (χ0v) is 12.5. The molecule has 2 fully saturated rings. The van der Waals surface area contributed by atoms with Crippen LogP contribution in [0.1, 0.15) is 25.7 Å². The van der Waals surface area contributed by atoms with Crippen LogP contribution in [0.5, 0.6) is 0 Å². The van der Waals surface area contributed by atoms with Gasteiger partial charge in [-0.2, -0.15) is 0 Å². The summed E-state index contributed by atoms with van der Waals surface area (Å²) in [6.45, 7) is 1.92. The first-order valence-corrected chi connectivity index (χ1v) is 7.82. The molecule has 6 heteroatoms. The zero-order valence-electron chi connectivity index (χ0n) is 12.5. The molecule has 2 saturated heterocycles. The normalized spacial score (nSPS) is 23.3. The highest BCUT2D eigenvalue weighted by molar-refractivity contribution is 6.01. The van der Waals surface area contributed by atoms with Gasteiger partial charge in [-0.15, -0.1) is 0 Å². The number of benzene rings is 1. The van der Waals surface area contributed by atoms with Gasteiger partial charge in [0.05, 0.1) is 0 Å². The van der Waals surface area contributed by atoms with Gasteiger partial charge in [0, 0.05) is 36.9 Å². The Bertz CT molecular complexity index is 567. The minimum atomic E-state index is -0.345. The molecule has 0 bridgehead atoms. The summed E-state index contributed by atoms with van der Waals surface area (Å²) < 4.78 is 0. The predicted octanol–water partition coefficient (Wildman–Crippen LogP) is 0.831. The molecule has 118 valence electrons. The highest BCUT2D eigenvalue weighted by Crippen LogP contribution is 2.24. The van der Waals surface area contributed by atoms with Gasteiger partial charge in [-0.25, -0.2) is 0 Å². The van der Waals surface area contributed by atoms with E-state index in [1.807, 2.05) is 12.1 Å². The average molecular weight is 302 g/mol. The molecule has 3 rings (SSSR count). The van der Waals surface area contributed by atoms with Crippen molar-refractivity contribution in [3.8, 4) is 0 Å². The lowest BCUT2D eigenvalue weighted by molar-refractivity contribution is -0.133. The van der Waals surface area contributed by atoms with Gasteiger partial charge in [-0.1, -0.05) is 6.07 Å². The Morgan fingerprint density at radius 2 is 1.95 bits per heavy atom. The maximum Gasteiger partial charge on any atom is 0.249 e. The lowest BCUT2D eigenvalue weighted by atomic mass is 10.0. The number of amides is 2. The number of hydrogen-bond acceptors (Lipinski definition) is 5. The van der Waals surface area contributed by atoms with Gasteiger partial charge < -0.3 is 16.0 Å². The number of imide groups is 1. The Balaban J connectivity index is 1.66. The monoisotopic (exact) mass is 302 g/mol. The molecule has 1 aromatic rings. The maximum atomic E-state index is 11.8. The molecule has 1 aromatic carbocycles. The van der Waals surface area contributed by atoms with E-state index in [1.165, 1.54) is 0 Å². The van der Waals surface area contributed by atoms with Crippen LogP contribution in [0.4, 0.5) is 11.4 Å². The van der Waals surface area contributed by atoms with Gasteiger partial charge in [-0.05, 0) is 37.5 Å². The fourth-order valence-electron chi connectivity index (χ4n) is 2.98. The number of carbonyl (C=O) groups excluding carboxylic acids is 2. The zero-order chi connectivity index (χ0) is 15.5. The third-order valence-electron chi connectivity index (χ3n) is 4.33. The van der Waals surface area contributed by atoms with E-state index in [0.29, 0.717) is 18.9 Å². The Morgan fingerprint density at radius 3 is 2.68 bits per heavy atom. The first-order valence-electron chi connectivity index (χ1n) is 7.82. The van der Waals surface area contributed by atoms with Gasteiger partial charge >= 0.3 is 0 Å². The summed E-state index contributed by atoms with van der Waals surface area (Å²) >= 11 is 0. The van der Waals surface area contributed by atoms with Gasteiger partial charge in [-0.3, -0.25) is 14.9 Å². The molecule has 1 unspecified atom stereocenters. The molecule has 6 nitrogen and oxygen atoms in total. The quantitative estimate of drug-likeness (QED) is 0.720. The standard InChI is InChI=1S/C16H22N4O2/c17-11-6-8-20(9-7-11)13-3-1-2-12(10-13)18-14-4-5-15(21)19-16(14)22/h1-3,10-11,14,18H,4-9,17H2,(H,19,21,22). The molecule has 2 aliphatic heterocycles. The van der Waals surface area contributed by atoms with Gasteiger partial charge in [0.2, 0.25) is 11.8 Å². The van der Waals surface area contributed by atoms with Crippen molar-refractivity contribution in [3.63, 3.8) is 0 Å². The summed E-state index contributed by atoms with van der Waals surface area (Å²) in [5, 5.41) is 5.59. The van der Waals surface area contributed by atoms with Crippen molar-refractivity contribution in [2.24, 2.45) is 5.73 Å². The molecular weight excluding hydrogens is 280 g/mol. The smallest absolute Gasteiger partial charge is 0.249 e. The number of piperidine rings is 2. The Morgan fingerprint density at radius 1 is 1.18 bits per heavy atom. The highest BCUT2D eigenvalue weighted by Gasteiger charge is 2.26. The Kier molecular flexibility index (Phi) is 4.29. The molecule has 0 radical (unpaired) electrons. The summed E-state index contributed by atoms with van der Waals surface area (Å²) in [5.41, 5.74) is 7.99. The van der Waals surface area contributed by atoms with E-state index in [2.05, 4.69) is 27.7 Å². The average Bonchev–Trinajstić information content (AvgIpc) is 2.51. The first-order chi connectivity index (χ1) is 10.6. The predicted molar refractivity (Wildman–Crippen MR) is 85.7 cm³/mol. The molecular formula is C16H22N4O2. The van der Waals surface area contributed by atoms with Crippen molar-refractivity contribution >= 4 is 23.2 Å². The minimum Gasteiger partial charge on any atom is -0.374 e. The molecule has 1 atom stereocenters. The summed E-state index contributed by atoms with van der Waals surface area (Å²) in [6.07, 6.45) is 2.93. The second-order valence-electron chi connectivity index (χ2n) is 6.02. The number of nitrogens with zero attached hydrogens (tertiary/aromatic N) is 1. The van der Waals surface area contributed by atoms with E-state index in [1.54, 1.807) is 0 Å². The Hall–Kier alpha value is -2.08. The van der Waals surface area contributed by atoms with Gasteiger partial charge in [0.15, 0.2) is 0 Å². The largest absolute Gasteiger partial charge is 0.374 e. The minimum absolute atomic E-state index is 0.193. The van der Waals surface area contributed by atoms with Crippen LogP contribution in [0.25, 0.3) is 0 Å². The van der Waals surface area contributed by atoms with Crippen LogP contribution in [-0.4, -0.2) is 37.0 Å². The lowest BCUT2D eigenvalue weighted by Gasteiger charge is -2.32. The van der Waals surface area contributed by atoms with Gasteiger partial charge in [0.25, 0.3) is 0 Å². The van der Waals surface area contributed by atoms with Crippen LogP contribution in [0.2, 0.25) is 0 Å². The van der Waals surface area contributed by atoms with E-state index in [9.17, 15) is 9.59 Å². The van der Waals surface area contributed by atoms with Crippen LogP contribution in [0.15, 0.2) is 24.3 Å². The molecule has 0 aliphatic carbocycles. The third-order valence-corrected chi connectivity index (χ3v) is 4.33. The van der Waals surface area contributed by atoms with Crippen molar-refractivity contribution in [2.75, 3.05) is 23.3 Å². The van der Waals surface area contributed by atoms with Gasteiger partial charge in [0.1, 0.15) is 6.04 Å². The molecule has 0 aromatic heterocycles. The molecule has 2 amide bonds. The number of hydrogen-bond donors (Lipinski definition) is 3. The van der Waals surface area contributed by atoms with Crippen molar-refractivity contribution < 1.29 is 9.59 Å². The molecule has 2 aliphatic rings. The van der Waals surface area contributed by atoms with E-state index in [-0.39, 0.29) is 17.9 Å². The van der Waals surface area contributed by atoms with Crippen molar-refractivity contribution in [1.29, 1.82) is 0 Å². The van der Waals surface area contributed by atoms with E-state index < -0.39 is 0 Å². The summed E-state index contributed by atoms with van der Waals surface area (Å²) in [4.78, 5) is 25.3. The van der Waals surface area contributed by atoms with E-state index >= 15 is 0 Å². The molecule has 4 N–H and O–H groups in total. The van der Waals surface area contributed by atoms with E-state index in [4.69, 9.17) is 5.73 Å². The summed E-state index contributed by atoms with van der Waals surface area (Å²) in [5.74, 6) is -0.438. The van der Waals surface area contributed by atoms with E-state index in [0.717, 1.165) is 37.3 Å². The van der Waals surface area contributed by atoms with Crippen LogP contribution >= 0.6 is 0 Å². The summed E-state index contributed by atoms with van der Waals surface area (Å²) in [6, 6.07) is 8.03. The molecule has 0 saturated carbocycles. The number of carbonyl (C=O) groups is 2. The second-order valence-corrected chi connectivity index (χ2v) is 6.02. The highest BCUT2D eigenvalue weighted by atomic mass is 16.2. The fraction of sp³-hybridized carbons (Fsp3) is 0.500.